The zero-order valence-corrected chi connectivity index (χ0v) is 11.9. The van der Waals surface area contributed by atoms with Gasteiger partial charge in [0.1, 0.15) is 5.52 Å². The molecule has 0 fully saturated rings. The van der Waals surface area contributed by atoms with Crippen LogP contribution in [0.1, 0.15) is 15.9 Å². The van der Waals surface area contributed by atoms with Gasteiger partial charge in [0.25, 0.3) is 0 Å². The van der Waals surface area contributed by atoms with Crippen LogP contribution < -0.4 is 0 Å². The van der Waals surface area contributed by atoms with Crippen LogP contribution in [0.3, 0.4) is 0 Å². The summed E-state index contributed by atoms with van der Waals surface area (Å²) >= 11 is 6.05. The summed E-state index contributed by atoms with van der Waals surface area (Å²) in [6.45, 7) is 0.354. The molecule has 3 aromatic rings. The topological polar surface area (TPSA) is 69.9 Å². The molecule has 0 amide bonds. The van der Waals surface area contributed by atoms with Crippen molar-refractivity contribution in [1.29, 1.82) is 0 Å². The predicted molar refractivity (Wildman–Crippen MR) is 77.2 cm³/mol. The van der Waals surface area contributed by atoms with Crippen molar-refractivity contribution in [3.63, 3.8) is 0 Å². The number of benzene rings is 1. The summed E-state index contributed by atoms with van der Waals surface area (Å²) in [6, 6.07) is 7.18. The number of carbonyl (C=O) groups excluding carboxylic acids is 1. The normalized spacial score (nSPS) is 10.8. The van der Waals surface area contributed by atoms with Crippen LogP contribution in [0.25, 0.3) is 11.2 Å². The van der Waals surface area contributed by atoms with E-state index in [1.807, 2.05) is 12.1 Å². The molecule has 1 aromatic carbocycles. The van der Waals surface area contributed by atoms with Gasteiger partial charge in [0.15, 0.2) is 10.8 Å². The average Bonchev–Trinajstić information content (AvgIpc) is 2.84. The molecular weight excluding hydrogens is 292 g/mol. The third kappa shape index (κ3) is 2.45. The lowest BCUT2D eigenvalue weighted by atomic mass is 10.1. The Morgan fingerprint density at radius 1 is 1.29 bits per heavy atom. The molecule has 0 atom stereocenters. The Hall–Kier alpha value is -2.47. The number of hydrogen-bond donors (Lipinski definition) is 0. The molecule has 2 heterocycles. The minimum absolute atomic E-state index is 0.286. The van der Waals surface area contributed by atoms with Gasteiger partial charge in [-0.25, -0.2) is 19.4 Å². The second-order valence-electron chi connectivity index (χ2n) is 4.33. The zero-order chi connectivity index (χ0) is 14.8. The highest BCUT2D eigenvalue weighted by molar-refractivity contribution is 6.33. The van der Waals surface area contributed by atoms with E-state index in [9.17, 15) is 4.79 Å². The van der Waals surface area contributed by atoms with Gasteiger partial charge >= 0.3 is 5.97 Å². The van der Waals surface area contributed by atoms with Gasteiger partial charge in [0.05, 0.1) is 19.2 Å². The predicted octanol–water partition coefficient (Wildman–Crippen LogP) is 2.31. The molecule has 0 aliphatic heterocycles. The number of esters is 1. The molecule has 3 rings (SSSR count). The standard InChI is InChI=1S/C14H11ClN4O2/c1-21-14(20)10-5-3-2-4-9(10)8-19-13-11(12(15)18-19)16-6-7-17-13/h2-7H,8H2,1H3. The summed E-state index contributed by atoms with van der Waals surface area (Å²) in [5.74, 6) is -0.390. The van der Waals surface area contributed by atoms with Crippen molar-refractivity contribution in [1.82, 2.24) is 19.7 Å². The number of ether oxygens (including phenoxy) is 1. The van der Waals surface area contributed by atoms with E-state index < -0.39 is 0 Å². The first-order valence-electron chi connectivity index (χ1n) is 6.20. The van der Waals surface area contributed by atoms with Gasteiger partial charge in [-0.2, -0.15) is 5.10 Å². The molecule has 0 aliphatic rings. The van der Waals surface area contributed by atoms with Gasteiger partial charge in [0, 0.05) is 12.4 Å². The first kappa shape index (κ1) is 13.5. The Morgan fingerprint density at radius 2 is 2.05 bits per heavy atom. The van der Waals surface area contributed by atoms with Crippen molar-refractivity contribution in [2.45, 2.75) is 6.54 Å². The monoisotopic (exact) mass is 302 g/mol. The fourth-order valence-corrected chi connectivity index (χ4v) is 2.33. The van der Waals surface area contributed by atoms with E-state index in [1.165, 1.54) is 7.11 Å². The van der Waals surface area contributed by atoms with Crippen LogP contribution in [0.15, 0.2) is 36.7 Å². The number of fused-ring (bicyclic) bond motifs is 1. The SMILES string of the molecule is COC(=O)c1ccccc1Cn1nc(Cl)c2nccnc21. The van der Waals surface area contributed by atoms with E-state index in [0.717, 1.165) is 5.56 Å². The second kappa shape index (κ2) is 5.49. The van der Waals surface area contributed by atoms with Crippen molar-refractivity contribution in [2.75, 3.05) is 7.11 Å². The zero-order valence-electron chi connectivity index (χ0n) is 11.2. The Bertz CT molecular complexity index is 816. The first-order valence-corrected chi connectivity index (χ1v) is 6.57. The van der Waals surface area contributed by atoms with Crippen molar-refractivity contribution in [3.8, 4) is 0 Å². The molecule has 0 unspecified atom stereocenters. The second-order valence-corrected chi connectivity index (χ2v) is 4.68. The molecule has 0 radical (unpaired) electrons. The van der Waals surface area contributed by atoms with Crippen molar-refractivity contribution >= 4 is 28.7 Å². The molecule has 0 bridgehead atoms. The smallest absolute Gasteiger partial charge is 0.338 e. The van der Waals surface area contributed by atoms with E-state index in [0.29, 0.717) is 23.3 Å². The Balaban J connectivity index is 2.05. The summed E-state index contributed by atoms with van der Waals surface area (Å²) in [5, 5.41) is 4.50. The van der Waals surface area contributed by atoms with Crippen LogP contribution in [0.5, 0.6) is 0 Å². The largest absolute Gasteiger partial charge is 0.465 e. The molecular formula is C14H11ClN4O2. The summed E-state index contributed by atoms with van der Waals surface area (Å²) < 4.78 is 6.40. The van der Waals surface area contributed by atoms with Gasteiger partial charge < -0.3 is 4.74 Å². The number of hydrogen-bond acceptors (Lipinski definition) is 5. The average molecular weight is 303 g/mol. The number of halogens is 1. The number of carbonyl (C=O) groups is 1. The number of nitrogens with zero attached hydrogens (tertiary/aromatic N) is 4. The van der Waals surface area contributed by atoms with Crippen LogP contribution in [0.4, 0.5) is 0 Å². The molecule has 2 aromatic heterocycles. The lowest BCUT2D eigenvalue weighted by Crippen LogP contribution is -2.10. The minimum atomic E-state index is -0.390. The quantitative estimate of drug-likeness (QED) is 0.694. The highest BCUT2D eigenvalue weighted by Crippen LogP contribution is 2.20. The molecule has 0 saturated carbocycles. The fraction of sp³-hybridized carbons (Fsp3) is 0.143. The molecule has 106 valence electrons. The van der Waals surface area contributed by atoms with Crippen LogP contribution in [0, 0.1) is 0 Å². The van der Waals surface area contributed by atoms with Crippen molar-refractivity contribution in [3.05, 3.63) is 52.9 Å². The van der Waals surface area contributed by atoms with Gasteiger partial charge in [-0.1, -0.05) is 29.8 Å². The Kier molecular flexibility index (Phi) is 3.53. The maximum atomic E-state index is 11.8. The maximum Gasteiger partial charge on any atom is 0.338 e. The van der Waals surface area contributed by atoms with Crippen LogP contribution >= 0.6 is 11.6 Å². The van der Waals surface area contributed by atoms with E-state index in [-0.39, 0.29) is 11.1 Å². The van der Waals surface area contributed by atoms with Crippen LogP contribution in [0.2, 0.25) is 5.15 Å². The lowest BCUT2D eigenvalue weighted by molar-refractivity contribution is 0.0599. The third-order valence-electron chi connectivity index (χ3n) is 3.07. The van der Waals surface area contributed by atoms with Gasteiger partial charge in [-0.05, 0) is 11.6 Å². The molecule has 0 spiro atoms. The minimum Gasteiger partial charge on any atom is -0.465 e. The molecule has 0 aliphatic carbocycles. The van der Waals surface area contributed by atoms with E-state index in [1.54, 1.807) is 29.2 Å². The lowest BCUT2D eigenvalue weighted by Gasteiger charge is -2.08. The van der Waals surface area contributed by atoms with Gasteiger partial charge in [-0.3, -0.25) is 0 Å². The Morgan fingerprint density at radius 3 is 2.86 bits per heavy atom. The summed E-state index contributed by atoms with van der Waals surface area (Å²) in [7, 11) is 1.35. The number of methoxy groups -OCH3 is 1. The third-order valence-corrected chi connectivity index (χ3v) is 3.32. The highest BCUT2D eigenvalue weighted by atomic mass is 35.5. The van der Waals surface area contributed by atoms with Gasteiger partial charge in [0.2, 0.25) is 0 Å². The highest BCUT2D eigenvalue weighted by Gasteiger charge is 2.15. The van der Waals surface area contributed by atoms with Crippen molar-refractivity contribution < 1.29 is 9.53 Å². The summed E-state index contributed by atoms with van der Waals surface area (Å²) in [6.07, 6.45) is 3.13. The molecule has 7 heteroatoms. The molecule has 6 nitrogen and oxygen atoms in total. The van der Waals surface area contributed by atoms with Gasteiger partial charge in [-0.15, -0.1) is 0 Å². The molecule has 0 N–H and O–H groups in total. The van der Waals surface area contributed by atoms with E-state index in [2.05, 4.69) is 15.1 Å². The van der Waals surface area contributed by atoms with E-state index in [4.69, 9.17) is 16.3 Å². The van der Waals surface area contributed by atoms with Crippen LogP contribution in [-0.4, -0.2) is 32.8 Å². The summed E-state index contributed by atoms with van der Waals surface area (Å²) in [4.78, 5) is 20.2. The Labute approximate surface area is 125 Å². The molecule has 0 saturated heterocycles. The maximum absolute atomic E-state index is 11.8. The van der Waals surface area contributed by atoms with Crippen LogP contribution in [-0.2, 0) is 11.3 Å². The first-order chi connectivity index (χ1) is 10.2. The van der Waals surface area contributed by atoms with E-state index >= 15 is 0 Å². The number of aromatic nitrogens is 4. The fourth-order valence-electron chi connectivity index (χ4n) is 2.10. The van der Waals surface area contributed by atoms with Crippen molar-refractivity contribution in [2.24, 2.45) is 0 Å². The summed E-state index contributed by atoms with van der Waals surface area (Å²) in [5.41, 5.74) is 2.37. The number of rotatable bonds is 3. The molecule has 21 heavy (non-hydrogen) atoms.